The predicted molar refractivity (Wildman–Crippen MR) is 101 cm³/mol. The number of carboxylic acids is 1. The average molecular weight is 386 g/mol. The van der Waals surface area contributed by atoms with Crippen LogP contribution in [0.1, 0.15) is 4.88 Å². The molecule has 0 atom stereocenters. The average Bonchev–Trinajstić information content (AvgIpc) is 3.22. The number of aliphatic carboxylic acids is 1. The van der Waals surface area contributed by atoms with E-state index >= 15 is 0 Å². The number of H-pyrrole nitrogens is 1. The van der Waals surface area contributed by atoms with Gasteiger partial charge < -0.3 is 10.4 Å². The molecular formula is C17H12ClN5O2S. The summed E-state index contributed by atoms with van der Waals surface area (Å²) >= 11 is 7.52. The molecule has 0 aliphatic rings. The number of nitrogens with one attached hydrogen (secondary N) is 2. The van der Waals surface area contributed by atoms with Crippen LogP contribution in [-0.4, -0.2) is 31.2 Å². The molecule has 0 saturated carbocycles. The molecule has 0 aliphatic carbocycles. The van der Waals surface area contributed by atoms with Crippen LogP contribution in [0.4, 0.5) is 10.9 Å². The Labute approximate surface area is 156 Å². The Morgan fingerprint density at radius 3 is 3.00 bits per heavy atom. The number of rotatable bonds is 5. The number of halogens is 1. The molecule has 0 saturated heterocycles. The van der Waals surface area contributed by atoms with E-state index < -0.39 is 5.97 Å². The first-order chi connectivity index (χ1) is 12.6. The molecule has 130 valence electrons. The second-order valence-electron chi connectivity index (χ2n) is 5.49. The van der Waals surface area contributed by atoms with Gasteiger partial charge in [-0.2, -0.15) is 5.10 Å². The normalized spacial score (nSPS) is 11.0. The topological polar surface area (TPSA) is 104 Å². The summed E-state index contributed by atoms with van der Waals surface area (Å²) in [5.41, 5.74) is 2.42. The molecule has 3 N–H and O–H groups in total. The van der Waals surface area contributed by atoms with E-state index in [1.807, 2.05) is 18.2 Å². The van der Waals surface area contributed by atoms with Gasteiger partial charge in [-0.3, -0.25) is 14.9 Å². The van der Waals surface area contributed by atoms with Gasteiger partial charge in [0.1, 0.15) is 0 Å². The molecule has 0 spiro atoms. The summed E-state index contributed by atoms with van der Waals surface area (Å²) in [5, 5.41) is 21.2. The number of fused-ring (bicyclic) bond motifs is 1. The Balaban J connectivity index is 1.68. The Hall–Kier alpha value is -2.97. The van der Waals surface area contributed by atoms with Gasteiger partial charge in [0.2, 0.25) is 0 Å². The molecule has 0 unspecified atom stereocenters. The Kier molecular flexibility index (Phi) is 4.27. The summed E-state index contributed by atoms with van der Waals surface area (Å²) < 4.78 is 0. The third kappa shape index (κ3) is 3.24. The molecular weight excluding hydrogens is 374 g/mol. The second kappa shape index (κ2) is 6.74. The molecule has 0 bridgehead atoms. The number of nitrogens with zero attached hydrogens (tertiary/aromatic N) is 3. The van der Waals surface area contributed by atoms with E-state index in [1.54, 1.807) is 24.5 Å². The lowest BCUT2D eigenvalue weighted by atomic mass is 10.1. The zero-order chi connectivity index (χ0) is 18.1. The monoisotopic (exact) mass is 385 g/mol. The number of pyridine rings is 1. The molecule has 26 heavy (non-hydrogen) atoms. The van der Waals surface area contributed by atoms with Crippen molar-refractivity contribution in [3.8, 4) is 11.3 Å². The van der Waals surface area contributed by atoms with Crippen LogP contribution in [0.25, 0.3) is 22.2 Å². The molecule has 9 heteroatoms. The smallest absolute Gasteiger partial charge is 0.308 e. The van der Waals surface area contributed by atoms with Gasteiger partial charge in [0.05, 0.1) is 22.7 Å². The van der Waals surface area contributed by atoms with Gasteiger partial charge in [-0.15, -0.1) is 11.3 Å². The zero-order valence-corrected chi connectivity index (χ0v) is 14.8. The van der Waals surface area contributed by atoms with Crippen LogP contribution < -0.4 is 5.32 Å². The van der Waals surface area contributed by atoms with Crippen molar-refractivity contribution in [2.75, 3.05) is 5.32 Å². The van der Waals surface area contributed by atoms with E-state index in [-0.39, 0.29) is 6.42 Å². The molecule has 0 radical (unpaired) electrons. The van der Waals surface area contributed by atoms with Crippen LogP contribution in [0.5, 0.6) is 0 Å². The van der Waals surface area contributed by atoms with Crippen LogP contribution in [0, 0.1) is 0 Å². The molecule has 3 heterocycles. The van der Waals surface area contributed by atoms with Gasteiger partial charge >= 0.3 is 5.97 Å². The van der Waals surface area contributed by atoms with Crippen molar-refractivity contribution in [1.82, 2.24) is 20.2 Å². The largest absolute Gasteiger partial charge is 0.481 e. The van der Waals surface area contributed by atoms with Crippen LogP contribution in [-0.2, 0) is 11.2 Å². The fourth-order valence-corrected chi connectivity index (χ4v) is 3.59. The van der Waals surface area contributed by atoms with Gasteiger partial charge in [-0.05, 0) is 24.3 Å². The number of benzene rings is 1. The lowest BCUT2D eigenvalue weighted by Gasteiger charge is -2.04. The molecule has 1 aromatic carbocycles. The van der Waals surface area contributed by atoms with Gasteiger partial charge in [0.25, 0.3) is 0 Å². The lowest BCUT2D eigenvalue weighted by Crippen LogP contribution is -1.97. The van der Waals surface area contributed by atoms with Gasteiger partial charge in [-0.1, -0.05) is 17.7 Å². The number of aromatic nitrogens is 4. The first kappa shape index (κ1) is 16.5. The lowest BCUT2D eigenvalue weighted by molar-refractivity contribution is -0.136. The Morgan fingerprint density at radius 1 is 1.31 bits per heavy atom. The number of hydrogen-bond acceptors (Lipinski definition) is 6. The van der Waals surface area contributed by atoms with E-state index in [4.69, 9.17) is 16.7 Å². The molecule has 4 aromatic rings. The highest BCUT2D eigenvalue weighted by Gasteiger charge is 2.12. The predicted octanol–water partition coefficient (Wildman–Crippen LogP) is 4.11. The van der Waals surface area contributed by atoms with Crippen molar-refractivity contribution < 1.29 is 9.90 Å². The molecule has 0 fully saturated rings. The maximum atomic E-state index is 10.8. The van der Waals surface area contributed by atoms with Crippen molar-refractivity contribution in [2.45, 2.75) is 6.42 Å². The summed E-state index contributed by atoms with van der Waals surface area (Å²) in [7, 11) is 0. The number of anilines is 2. The van der Waals surface area contributed by atoms with Gasteiger partial charge in [0, 0.05) is 28.2 Å². The molecule has 3 aromatic heterocycles. The maximum Gasteiger partial charge on any atom is 0.308 e. The number of aromatic amines is 1. The summed E-state index contributed by atoms with van der Waals surface area (Å²) in [6.07, 6.45) is 3.19. The van der Waals surface area contributed by atoms with Crippen LogP contribution in [0.15, 0.2) is 42.7 Å². The second-order valence-corrected chi connectivity index (χ2v) is 7.02. The summed E-state index contributed by atoms with van der Waals surface area (Å²) in [4.78, 5) is 20.0. The summed E-state index contributed by atoms with van der Waals surface area (Å²) in [5.74, 6) is -0.285. The zero-order valence-electron chi connectivity index (χ0n) is 13.2. The fourth-order valence-electron chi connectivity index (χ4n) is 2.55. The highest BCUT2D eigenvalue weighted by molar-refractivity contribution is 7.15. The molecule has 0 amide bonds. The van der Waals surface area contributed by atoms with Crippen molar-refractivity contribution in [1.29, 1.82) is 0 Å². The van der Waals surface area contributed by atoms with Gasteiger partial charge in [0.15, 0.2) is 10.9 Å². The quantitative estimate of drug-likeness (QED) is 0.477. The number of carbonyl (C=O) groups is 1. The van der Waals surface area contributed by atoms with Crippen molar-refractivity contribution in [3.63, 3.8) is 0 Å². The number of thiazole rings is 1. The van der Waals surface area contributed by atoms with Crippen molar-refractivity contribution >= 4 is 50.8 Å². The third-order valence-corrected chi connectivity index (χ3v) is 4.92. The SMILES string of the molecule is O=C(O)Cc1cnc(Nc2n[nH]c3ccc(-c4ncccc4Cl)cc23)s1. The third-order valence-electron chi connectivity index (χ3n) is 3.70. The number of carboxylic acid groups (broad SMARTS) is 1. The first-order valence-corrected chi connectivity index (χ1v) is 8.82. The highest BCUT2D eigenvalue weighted by atomic mass is 35.5. The summed E-state index contributed by atoms with van der Waals surface area (Å²) in [6.45, 7) is 0. The van der Waals surface area contributed by atoms with E-state index in [0.717, 1.165) is 16.5 Å². The minimum Gasteiger partial charge on any atom is -0.481 e. The van der Waals surface area contributed by atoms with E-state index in [2.05, 4.69) is 25.5 Å². The van der Waals surface area contributed by atoms with E-state index in [9.17, 15) is 4.79 Å². The van der Waals surface area contributed by atoms with Crippen molar-refractivity contribution in [3.05, 3.63) is 52.6 Å². The van der Waals surface area contributed by atoms with E-state index in [1.165, 1.54) is 11.3 Å². The minimum atomic E-state index is -0.887. The van der Waals surface area contributed by atoms with Crippen LogP contribution >= 0.6 is 22.9 Å². The standard InChI is InChI=1S/C17H12ClN5O2S/c18-12-2-1-5-19-15(12)9-3-4-13-11(6-9)16(23-22-13)21-17-20-8-10(26-17)7-14(24)25/h1-6,8H,7H2,(H,24,25)(H2,20,21,22,23). The van der Waals surface area contributed by atoms with Gasteiger partial charge in [-0.25, -0.2) is 4.98 Å². The van der Waals surface area contributed by atoms with Crippen LogP contribution in [0.2, 0.25) is 5.02 Å². The molecule has 0 aliphatic heterocycles. The Bertz CT molecular complexity index is 1110. The van der Waals surface area contributed by atoms with E-state index in [0.29, 0.717) is 26.5 Å². The minimum absolute atomic E-state index is 0.0526. The molecule has 4 rings (SSSR count). The molecule has 7 nitrogen and oxygen atoms in total. The Morgan fingerprint density at radius 2 is 2.19 bits per heavy atom. The first-order valence-electron chi connectivity index (χ1n) is 7.62. The maximum absolute atomic E-state index is 10.8. The number of hydrogen-bond donors (Lipinski definition) is 3. The fraction of sp³-hybridized carbons (Fsp3) is 0.0588. The van der Waals surface area contributed by atoms with Crippen LogP contribution in [0.3, 0.4) is 0 Å². The summed E-state index contributed by atoms with van der Waals surface area (Å²) in [6, 6.07) is 9.36. The highest BCUT2D eigenvalue weighted by Crippen LogP contribution is 2.32. The van der Waals surface area contributed by atoms with Crippen molar-refractivity contribution in [2.24, 2.45) is 0 Å².